The molecule has 2 aromatic rings. The number of hydrogen-bond donors (Lipinski definition) is 0. The molecule has 1 unspecified atom stereocenters. The van der Waals surface area contributed by atoms with Crippen LogP contribution in [0.3, 0.4) is 0 Å². The Morgan fingerprint density at radius 3 is 2.55 bits per heavy atom. The third kappa shape index (κ3) is 3.23. The highest BCUT2D eigenvalue weighted by Crippen LogP contribution is 2.26. The molecule has 0 radical (unpaired) electrons. The van der Waals surface area contributed by atoms with Gasteiger partial charge in [-0.25, -0.2) is 9.97 Å². The summed E-state index contributed by atoms with van der Waals surface area (Å²) in [6, 6.07) is 12.2. The first-order valence-corrected chi connectivity index (χ1v) is 7.31. The number of aromatic nitrogens is 2. The summed E-state index contributed by atoms with van der Waals surface area (Å²) >= 11 is 3.47. The minimum absolute atomic E-state index is 0.192. The van der Waals surface area contributed by atoms with E-state index in [1.807, 2.05) is 51.1 Å². The molecule has 4 heteroatoms. The van der Waals surface area contributed by atoms with Gasteiger partial charge in [0.1, 0.15) is 11.7 Å². The van der Waals surface area contributed by atoms with Crippen molar-refractivity contribution in [3.8, 4) is 17.3 Å². The third-order valence-electron chi connectivity index (χ3n) is 3.08. The van der Waals surface area contributed by atoms with Crippen LogP contribution in [0.1, 0.15) is 31.3 Å². The first-order valence-electron chi connectivity index (χ1n) is 6.52. The van der Waals surface area contributed by atoms with Crippen LogP contribution < -0.4 is 0 Å². The average molecular weight is 330 g/mol. The standard InChI is InChI=1S/C16H16BrN3/c1-10(2)14(9-18)16-19-11(3)7-15(20-16)12-5-4-6-13(17)8-12/h4-8,10,14H,1-3H3. The molecule has 2 rings (SSSR count). The Hall–Kier alpha value is -1.73. The molecule has 0 aliphatic carbocycles. The van der Waals surface area contributed by atoms with Crippen molar-refractivity contribution in [2.75, 3.05) is 0 Å². The van der Waals surface area contributed by atoms with Crippen LogP contribution in [0.4, 0.5) is 0 Å². The number of halogens is 1. The summed E-state index contributed by atoms with van der Waals surface area (Å²) in [6.07, 6.45) is 0. The fraction of sp³-hybridized carbons (Fsp3) is 0.312. The molecule has 20 heavy (non-hydrogen) atoms. The molecule has 3 nitrogen and oxygen atoms in total. The van der Waals surface area contributed by atoms with Gasteiger partial charge in [0.15, 0.2) is 0 Å². The number of rotatable bonds is 3. The first kappa shape index (κ1) is 14.7. The highest BCUT2D eigenvalue weighted by Gasteiger charge is 2.19. The maximum absolute atomic E-state index is 9.31. The van der Waals surface area contributed by atoms with Crippen LogP contribution in [0.2, 0.25) is 0 Å². The van der Waals surface area contributed by atoms with Gasteiger partial charge in [-0.05, 0) is 31.0 Å². The van der Waals surface area contributed by atoms with E-state index in [4.69, 9.17) is 0 Å². The van der Waals surface area contributed by atoms with Crippen molar-refractivity contribution in [1.29, 1.82) is 5.26 Å². The molecule has 0 saturated carbocycles. The first-order chi connectivity index (χ1) is 9.51. The second-order valence-corrected chi connectivity index (χ2v) is 6.03. The lowest BCUT2D eigenvalue weighted by Crippen LogP contribution is -2.10. The lowest BCUT2D eigenvalue weighted by atomic mass is 9.96. The number of nitrogens with zero attached hydrogens (tertiary/aromatic N) is 3. The Bertz CT molecular complexity index is 659. The zero-order valence-electron chi connectivity index (χ0n) is 11.8. The molecule has 0 aliphatic rings. The summed E-state index contributed by atoms with van der Waals surface area (Å²) in [5.74, 6) is 0.524. The van der Waals surface area contributed by atoms with Gasteiger partial charge < -0.3 is 0 Å². The summed E-state index contributed by atoms with van der Waals surface area (Å²) in [6.45, 7) is 5.96. The van der Waals surface area contributed by atoms with E-state index in [9.17, 15) is 5.26 Å². The van der Waals surface area contributed by atoms with Crippen LogP contribution in [0.5, 0.6) is 0 Å². The average Bonchev–Trinajstić information content (AvgIpc) is 2.38. The van der Waals surface area contributed by atoms with E-state index < -0.39 is 0 Å². The van der Waals surface area contributed by atoms with Crippen molar-refractivity contribution in [3.63, 3.8) is 0 Å². The smallest absolute Gasteiger partial charge is 0.146 e. The van der Waals surface area contributed by atoms with E-state index >= 15 is 0 Å². The zero-order chi connectivity index (χ0) is 14.7. The molecule has 102 valence electrons. The molecule has 0 N–H and O–H groups in total. The lowest BCUT2D eigenvalue weighted by Gasteiger charge is -2.13. The van der Waals surface area contributed by atoms with Crippen molar-refractivity contribution >= 4 is 15.9 Å². The highest BCUT2D eigenvalue weighted by molar-refractivity contribution is 9.10. The second kappa shape index (κ2) is 6.15. The van der Waals surface area contributed by atoms with E-state index in [1.54, 1.807) is 0 Å². The summed E-state index contributed by atoms with van der Waals surface area (Å²) < 4.78 is 1.01. The van der Waals surface area contributed by atoms with Gasteiger partial charge in [0, 0.05) is 15.7 Å². The second-order valence-electron chi connectivity index (χ2n) is 5.11. The highest BCUT2D eigenvalue weighted by atomic mass is 79.9. The van der Waals surface area contributed by atoms with Gasteiger partial charge in [-0.3, -0.25) is 0 Å². The Labute approximate surface area is 127 Å². The molecule has 1 aromatic carbocycles. The summed E-state index contributed by atoms with van der Waals surface area (Å²) in [7, 11) is 0. The maximum atomic E-state index is 9.31. The van der Waals surface area contributed by atoms with E-state index in [0.29, 0.717) is 5.82 Å². The van der Waals surface area contributed by atoms with Crippen LogP contribution in [0.25, 0.3) is 11.3 Å². The monoisotopic (exact) mass is 329 g/mol. The Morgan fingerprint density at radius 1 is 1.20 bits per heavy atom. The molecule has 1 aromatic heterocycles. The summed E-state index contributed by atoms with van der Waals surface area (Å²) in [5, 5.41) is 9.31. The van der Waals surface area contributed by atoms with E-state index in [0.717, 1.165) is 21.4 Å². The van der Waals surface area contributed by atoms with Crippen LogP contribution in [0, 0.1) is 24.2 Å². The molecule has 1 heterocycles. The number of aryl methyl sites for hydroxylation is 1. The Morgan fingerprint density at radius 2 is 1.95 bits per heavy atom. The van der Waals surface area contributed by atoms with Gasteiger partial charge in [-0.1, -0.05) is 41.9 Å². The van der Waals surface area contributed by atoms with Crippen LogP contribution in [-0.2, 0) is 0 Å². The predicted molar refractivity (Wildman–Crippen MR) is 83.1 cm³/mol. The fourth-order valence-electron chi connectivity index (χ4n) is 2.03. The molecule has 0 amide bonds. The number of nitriles is 1. The van der Waals surface area contributed by atoms with Gasteiger partial charge in [0.25, 0.3) is 0 Å². The van der Waals surface area contributed by atoms with Crippen molar-refractivity contribution in [2.24, 2.45) is 5.92 Å². The minimum atomic E-state index is -0.277. The normalized spacial score (nSPS) is 12.2. The van der Waals surface area contributed by atoms with Gasteiger partial charge in [-0.15, -0.1) is 0 Å². The molecule has 0 aliphatic heterocycles. The molecular weight excluding hydrogens is 314 g/mol. The Balaban J connectivity index is 2.52. The number of hydrogen-bond acceptors (Lipinski definition) is 3. The van der Waals surface area contributed by atoms with Gasteiger partial charge in [-0.2, -0.15) is 5.26 Å². The Kier molecular flexibility index (Phi) is 4.51. The molecule has 0 fully saturated rings. The zero-order valence-corrected chi connectivity index (χ0v) is 13.3. The maximum Gasteiger partial charge on any atom is 0.146 e. The fourth-order valence-corrected chi connectivity index (χ4v) is 2.43. The third-order valence-corrected chi connectivity index (χ3v) is 3.57. The minimum Gasteiger partial charge on any atom is -0.237 e. The quantitative estimate of drug-likeness (QED) is 0.834. The summed E-state index contributed by atoms with van der Waals surface area (Å²) in [4.78, 5) is 9.01. The van der Waals surface area contributed by atoms with Crippen LogP contribution >= 0.6 is 15.9 Å². The largest absolute Gasteiger partial charge is 0.237 e. The summed E-state index contributed by atoms with van der Waals surface area (Å²) in [5.41, 5.74) is 2.76. The van der Waals surface area contributed by atoms with Crippen molar-refractivity contribution in [1.82, 2.24) is 9.97 Å². The van der Waals surface area contributed by atoms with Crippen molar-refractivity contribution in [3.05, 3.63) is 46.3 Å². The topological polar surface area (TPSA) is 49.6 Å². The molecule has 1 atom stereocenters. The molecular formula is C16H16BrN3. The molecule has 0 spiro atoms. The SMILES string of the molecule is Cc1cc(-c2cccc(Br)c2)nc(C(C#N)C(C)C)n1. The van der Waals surface area contributed by atoms with Crippen molar-refractivity contribution in [2.45, 2.75) is 26.7 Å². The van der Waals surface area contributed by atoms with Crippen molar-refractivity contribution < 1.29 is 0 Å². The van der Waals surface area contributed by atoms with E-state index in [1.165, 1.54) is 0 Å². The van der Waals surface area contributed by atoms with Crippen LogP contribution in [-0.4, -0.2) is 9.97 Å². The van der Waals surface area contributed by atoms with E-state index in [-0.39, 0.29) is 11.8 Å². The molecule has 0 saturated heterocycles. The number of benzene rings is 1. The van der Waals surface area contributed by atoms with E-state index in [2.05, 4.69) is 32.0 Å². The lowest BCUT2D eigenvalue weighted by molar-refractivity contribution is 0.560. The van der Waals surface area contributed by atoms with Crippen LogP contribution in [0.15, 0.2) is 34.8 Å². The molecule has 0 bridgehead atoms. The van der Waals surface area contributed by atoms with Gasteiger partial charge in [0.2, 0.25) is 0 Å². The van der Waals surface area contributed by atoms with Gasteiger partial charge >= 0.3 is 0 Å². The predicted octanol–water partition coefficient (Wildman–Crippen LogP) is 4.48. The van der Waals surface area contributed by atoms with Gasteiger partial charge in [0.05, 0.1) is 11.8 Å².